The van der Waals surface area contributed by atoms with E-state index in [1.807, 2.05) is 12.4 Å². The molecule has 1 aliphatic heterocycles. The maximum atomic E-state index is 4.39. The maximum absolute atomic E-state index is 4.39. The fraction of sp³-hybridized carbons (Fsp3) is 0.688. The lowest BCUT2D eigenvalue weighted by Gasteiger charge is -2.36. The molecule has 20 heavy (non-hydrogen) atoms. The highest BCUT2D eigenvalue weighted by Gasteiger charge is 2.31. The molecule has 1 fully saturated rings. The van der Waals surface area contributed by atoms with Crippen LogP contribution in [0.3, 0.4) is 0 Å². The quantitative estimate of drug-likeness (QED) is 0.886. The molecule has 2 rings (SSSR count). The van der Waals surface area contributed by atoms with Gasteiger partial charge in [0.2, 0.25) is 0 Å². The first-order valence-corrected chi connectivity index (χ1v) is 9.53. The molecule has 1 saturated heterocycles. The zero-order chi connectivity index (χ0) is 14.5. The molecule has 4 unspecified atom stereocenters. The van der Waals surface area contributed by atoms with Crippen molar-refractivity contribution in [2.24, 2.45) is 0 Å². The van der Waals surface area contributed by atoms with Crippen LogP contribution in [0.4, 0.5) is 0 Å². The standard InChI is InChI=1S/C16H26N2S2/c1-5-6-18-16(14-7-11(2)8-17-9-14)15-10-19-12(3)13(4)20-15/h7-9,12-13,15-16,18H,5-6,10H2,1-4H3. The highest BCUT2D eigenvalue weighted by Crippen LogP contribution is 2.41. The van der Waals surface area contributed by atoms with Crippen LogP contribution in [0.15, 0.2) is 18.5 Å². The third kappa shape index (κ3) is 4.15. The zero-order valence-corrected chi connectivity index (χ0v) is 14.6. The van der Waals surface area contributed by atoms with Crippen LogP contribution in [0.2, 0.25) is 0 Å². The molecule has 0 aliphatic carbocycles. The number of nitrogens with zero attached hydrogens (tertiary/aromatic N) is 1. The normalized spacial score (nSPS) is 28.3. The Balaban J connectivity index is 2.15. The largest absolute Gasteiger partial charge is 0.309 e. The predicted octanol–water partition coefficient (Wildman–Crippen LogP) is 4.06. The van der Waals surface area contributed by atoms with Crippen molar-refractivity contribution in [1.29, 1.82) is 0 Å². The van der Waals surface area contributed by atoms with Crippen molar-refractivity contribution in [3.05, 3.63) is 29.6 Å². The Morgan fingerprint density at radius 2 is 2.15 bits per heavy atom. The summed E-state index contributed by atoms with van der Waals surface area (Å²) in [6.45, 7) is 10.1. The SMILES string of the molecule is CCCNC(c1cncc(C)c1)C1CSC(C)C(C)S1. The molecule has 0 radical (unpaired) electrons. The second-order valence-electron chi connectivity index (χ2n) is 5.65. The summed E-state index contributed by atoms with van der Waals surface area (Å²) in [5.41, 5.74) is 2.60. The van der Waals surface area contributed by atoms with Gasteiger partial charge in [0.25, 0.3) is 0 Å². The second-order valence-corrected chi connectivity index (χ2v) is 8.68. The van der Waals surface area contributed by atoms with Gasteiger partial charge >= 0.3 is 0 Å². The highest BCUT2D eigenvalue weighted by atomic mass is 32.2. The van der Waals surface area contributed by atoms with Crippen LogP contribution in [0.5, 0.6) is 0 Å². The molecule has 4 atom stereocenters. The summed E-state index contributed by atoms with van der Waals surface area (Å²) < 4.78 is 0. The average Bonchev–Trinajstić information content (AvgIpc) is 2.43. The van der Waals surface area contributed by atoms with Gasteiger partial charge in [-0.15, -0.1) is 0 Å². The van der Waals surface area contributed by atoms with Gasteiger partial charge in [-0.3, -0.25) is 4.98 Å². The summed E-state index contributed by atoms with van der Waals surface area (Å²) in [5, 5.41) is 5.87. The molecule has 0 amide bonds. The van der Waals surface area contributed by atoms with E-state index in [9.17, 15) is 0 Å². The molecule has 1 N–H and O–H groups in total. The zero-order valence-electron chi connectivity index (χ0n) is 12.9. The third-order valence-electron chi connectivity index (χ3n) is 3.82. The molecule has 0 aromatic carbocycles. The Bertz CT molecular complexity index is 425. The van der Waals surface area contributed by atoms with E-state index in [1.54, 1.807) is 0 Å². The van der Waals surface area contributed by atoms with E-state index in [0.717, 1.165) is 17.0 Å². The Kier molecular flexibility index (Phi) is 6.24. The number of pyridine rings is 1. The number of aromatic nitrogens is 1. The highest BCUT2D eigenvalue weighted by molar-refractivity contribution is 8.07. The average molecular weight is 311 g/mol. The van der Waals surface area contributed by atoms with Gasteiger partial charge in [0.05, 0.1) is 0 Å². The monoisotopic (exact) mass is 310 g/mol. The van der Waals surface area contributed by atoms with E-state index in [4.69, 9.17) is 0 Å². The molecule has 4 heteroatoms. The van der Waals surface area contributed by atoms with Gasteiger partial charge in [-0.25, -0.2) is 0 Å². The molecule has 0 bridgehead atoms. The molecule has 1 aliphatic rings. The van der Waals surface area contributed by atoms with Crippen molar-refractivity contribution in [1.82, 2.24) is 10.3 Å². The van der Waals surface area contributed by atoms with Gasteiger partial charge in [0.15, 0.2) is 0 Å². The molecular formula is C16H26N2S2. The first-order chi connectivity index (χ1) is 9.61. The maximum Gasteiger partial charge on any atom is 0.0464 e. The van der Waals surface area contributed by atoms with E-state index < -0.39 is 0 Å². The molecule has 2 nitrogen and oxygen atoms in total. The molecule has 0 spiro atoms. The summed E-state index contributed by atoms with van der Waals surface area (Å²) in [4.78, 5) is 4.39. The Labute approximate surface area is 131 Å². The molecule has 0 saturated carbocycles. The first-order valence-electron chi connectivity index (χ1n) is 7.53. The Morgan fingerprint density at radius 1 is 1.35 bits per heavy atom. The molecule has 1 aromatic heterocycles. The minimum atomic E-state index is 0.426. The van der Waals surface area contributed by atoms with Gasteiger partial charge in [0.1, 0.15) is 0 Å². The number of hydrogen-bond acceptors (Lipinski definition) is 4. The van der Waals surface area contributed by atoms with Crippen LogP contribution in [0, 0.1) is 6.92 Å². The van der Waals surface area contributed by atoms with Gasteiger partial charge in [-0.05, 0) is 31.0 Å². The molecule has 112 valence electrons. The van der Waals surface area contributed by atoms with Crippen molar-refractivity contribution in [3.63, 3.8) is 0 Å². The number of thioether (sulfide) groups is 2. The third-order valence-corrected chi connectivity index (χ3v) is 7.31. The second kappa shape index (κ2) is 7.71. The van der Waals surface area contributed by atoms with Crippen molar-refractivity contribution in [3.8, 4) is 0 Å². The smallest absolute Gasteiger partial charge is 0.0464 e. The van der Waals surface area contributed by atoms with Gasteiger partial charge < -0.3 is 5.32 Å². The van der Waals surface area contributed by atoms with Crippen LogP contribution >= 0.6 is 23.5 Å². The molecule has 2 heterocycles. The Hall–Kier alpha value is -0.190. The number of nitrogens with one attached hydrogen (secondary N) is 1. The molecule has 1 aromatic rings. The summed E-state index contributed by atoms with van der Waals surface area (Å²) in [5.74, 6) is 1.23. The lowest BCUT2D eigenvalue weighted by Crippen LogP contribution is -2.37. The van der Waals surface area contributed by atoms with Crippen molar-refractivity contribution in [2.75, 3.05) is 12.3 Å². The van der Waals surface area contributed by atoms with E-state index in [0.29, 0.717) is 11.3 Å². The van der Waals surface area contributed by atoms with Crippen LogP contribution < -0.4 is 5.32 Å². The molecular weight excluding hydrogens is 284 g/mol. The van der Waals surface area contributed by atoms with Gasteiger partial charge in [-0.2, -0.15) is 23.5 Å². The van der Waals surface area contributed by atoms with E-state index in [2.05, 4.69) is 67.6 Å². The van der Waals surface area contributed by atoms with Crippen LogP contribution in [-0.2, 0) is 0 Å². The van der Waals surface area contributed by atoms with Gasteiger partial charge in [-0.1, -0.05) is 26.8 Å². The van der Waals surface area contributed by atoms with Crippen molar-refractivity contribution >= 4 is 23.5 Å². The van der Waals surface area contributed by atoms with Crippen LogP contribution in [-0.4, -0.2) is 33.0 Å². The minimum Gasteiger partial charge on any atom is -0.309 e. The van der Waals surface area contributed by atoms with Crippen molar-refractivity contribution in [2.45, 2.75) is 55.9 Å². The Morgan fingerprint density at radius 3 is 2.80 bits per heavy atom. The van der Waals surface area contributed by atoms with Crippen molar-refractivity contribution < 1.29 is 0 Å². The number of hydrogen-bond donors (Lipinski definition) is 1. The summed E-state index contributed by atoms with van der Waals surface area (Å²) in [7, 11) is 0. The minimum absolute atomic E-state index is 0.426. The van der Waals surface area contributed by atoms with Crippen LogP contribution in [0.25, 0.3) is 0 Å². The van der Waals surface area contributed by atoms with E-state index in [-0.39, 0.29) is 0 Å². The van der Waals surface area contributed by atoms with E-state index >= 15 is 0 Å². The number of aryl methyl sites for hydroxylation is 1. The number of rotatable bonds is 5. The van der Waals surface area contributed by atoms with E-state index in [1.165, 1.54) is 23.3 Å². The first kappa shape index (κ1) is 16.2. The summed E-state index contributed by atoms with van der Waals surface area (Å²) in [6, 6.07) is 2.71. The van der Waals surface area contributed by atoms with Gasteiger partial charge in [0, 0.05) is 39.9 Å². The fourth-order valence-electron chi connectivity index (χ4n) is 2.49. The summed E-state index contributed by atoms with van der Waals surface area (Å²) >= 11 is 4.26. The lowest BCUT2D eigenvalue weighted by atomic mass is 10.0. The fourth-order valence-corrected chi connectivity index (χ4v) is 5.61. The van der Waals surface area contributed by atoms with Crippen LogP contribution in [0.1, 0.15) is 44.4 Å². The summed E-state index contributed by atoms with van der Waals surface area (Å²) in [6.07, 6.45) is 5.15. The topological polar surface area (TPSA) is 24.9 Å². The predicted molar refractivity (Wildman–Crippen MR) is 92.8 cm³/mol. The lowest BCUT2D eigenvalue weighted by molar-refractivity contribution is 0.526.